The van der Waals surface area contributed by atoms with Crippen LogP contribution in [0.3, 0.4) is 0 Å². The summed E-state index contributed by atoms with van der Waals surface area (Å²) < 4.78 is 5.25. The molecule has 7 heteroatoms. The van der Waals surface area contributed by atoms with Gasteiger partial charge in [-0.15, -0.1) is 0 Å². The highest BCUT2D eigenvalue weighted by atomic mass is 35.5. The molecule has 1 amide bonds. The normalized spacial score (nSPS) is 11.6. The third kappa shape index (κ3) is 4.87. The van der Waals surface area contributed by atoms with E-state index in [-0.39, 0.29) is 23.7 Å². The van der Waals surface area contributed by atoms with Gasteiger partial charge in [0.05, 0.1) is 0 Å². The molecule has 0 saturated heterocycles. The van der Waals surface area contributed by atoms with Crippen molar-refractivity contribution in [2.45, 2.75) is 19.6 Å². The van der Waals surface area contributed by atoms with Crippen LogP contribution in [-0.4, -0.2) is 28.6 Å². The van der Waals surface area contributed by atoms with Gasteiger partial charge in [-0.2, -0.15) is 0 Å². The van der Waals surface area contributed by atoms with E-state index < -0.39 is 18.1 Å². The first-order valence-corrected chi connectivity index (χ1v) is 8.34. The number of carboxylic acid groups (broad SMARTS) is 1. The van der Waals surface area contributed by atoms with E-state index in [0.29, 0.717) is 5.02 Å². The number of ether oxygens (including phenoxy) is 1. The van der Waals surface area contributed by atoms with E-state index in [1.165, 1.54) is 12.1 Å². The number of halogens is 2. The summed E-state index contributed by atoms with van der Waals surface area (Å²) >= 11 is 12.1. The number of amides is 1. The Bertz CT molecular complexity index is 752. The SMILES string of the molecule is CCN(C(=O)OCc1ccccc1)C(C(=O)O)c1cc(Cl)ccc1Cl. The number of nitrogens with zero attached hydrogens (tertiary/aromatic N) is 1. The first-order valence-electron chi connectivity index (χ1n) is 7.59. The molecular weight excluding hydrogens is 365 g/mol. The van der Waals surface area contributed by atoms with Crippen molar-refractivity contribution in [3.05, 3.63) is 69.7 Å². The molecule has 132 valence electrons. The standard InChI is InChI=1S/C18H17Cl2NO4/c1-2-21(18(24)25-11-12-6-4-3-5-7-12)16(17(22)23)14-10-13(19)8-9-15(14)20/h3-10,16H,2,11H2,1H3,(H,22,23). The van der Waals surface area contributed by atoms with Gasteiger partial charge in [-0.1, -0.05) is 53.5 Å². The Kier molecular flexibility index (Phi) is 6.67. The zero-order valence-electron chi connectivity index (χ0n) is 13.5. The molecule has 0 aliphatic carbocycles. The average molecular weight is 382 g/mol. The van der Waals surface area contributed by atoms with Crippen LogP contribution in [0.2, 0.25) is 10.0 Å². The van der Waals surface area contributed by atoms with Crippen molar-refractivity contribution in [3.63, 3.8) is 0 Å². The lowest BCUT2D eigenvalue weighted by Crippen LogP contribution is -2.39. The second kappa shape index (κ2) is 8.74. The van der Waals surface area contributed by atoms with Crippen molar-refractivity contribution in [1.82, 2.24) is 4.90 Å². The van der Waals surface area contributed by atoms with E-state index in [1.54, 1.807) is 13.0 Å². The van der Waals surface area contributed by atoms with Gasteiger partial charge in [-0.25, -0.2) is 9.59 Å². The molecule has 2 aromatic carbocycles. The second-order valence-electron chi connectivity index (χ2n) is 5.23. The number of hydrogen-bond acceptors (Lipinski definition) is 3. The first kappa shape index (κ1) is 19.1. The molecular formula is C18H17Cl2NO4. The van der Waals surface area contributed by atoms with Gasteiger partial charge in [-0.05, 0) is 30.7 Å². The maximum absolute atomic E-state index is 12.4. The molecule has 1 unspecified atom stereocenters. The van der Waals surface area contributed by atoms with E-state index in [0.717, 1.165) is 10.5 Å². The van der Waals surface area contributed by atoms with E-state index in [4.69, 9.17) is 27.9 Å². The number of likely N-dealkylation sites (N-methyl/N-ethyl adjacent to an activating group) is 1. The highest BCUT2D eigenvalue weighted by Crippen LogP contribution is 2.31. The third-order valence-corrected chi connectivity index (χ3v) is 4.16. The Balaban J connectivity index is 2.23. The fourth-order valence-electron chi connectivity index (χ4n) is 2.38. The molecule has 25 heavy (non-hydrogen) atoms. The molecule has 1 N–H and O–H groups in total. The number of carbonyl (C=O) groups is 2. The number of aliphatic carboxylic acids is 1. The molecule has 2 aromatic rings. The Morgan fingerprint density at radius 3 is 2.44 bits per heavy atom. The van der Waals surface area contributed by atoms with Crippen molar-refractivity contribution < 1.29 is 19.4 Å². The zero-order valence-corrected chi connectivity index (χ0v) is 15.0. The molecule has 0 spiro atoms. The molecule has 5 nitrogen and oxygen atoms in total. The maximum Gasteiger partial charge on any atom is 0.411 e. The summed E-state index contributed by atoms with van der Waals surface area (Å²) in [4.78, 5) is 25.3. The van der Waals surface area contributed by atoms with Gasteiger partial charge in [0.1, 0.15) is 6.61 Å². The molecule has 0 aliphatic rings. The van der Waals surface area contributed by atoms with Gasteiger partial charge < -0.3 is 9.84 Å². The van der Waals surface area contributed by atoms with Crippen LogP contribution in [0.4, 0.5) is 4.79 Å². The fourth-order valence-corrected chi connectivity index (χ4v) is 2.78. The molecule has 0 radical (unpaired) electrons. The number of benzene rings is 2. The summed E-state index contributed by atoms with van der Waals surface area (Å²) in [6, 6.07) is 12.3. The largest absolute Gasteiger partial charge is 0.479 e. The van der Waals surface area contributed by atoms with Gasteiger partial charge in [0.25, 0.3) is 0 Å². The van der Waals surface area contributed by atoms with Crippen LogP contribution in [0.25, 0.3) is 0 Å². The summed E-state index contributed by atoms with van der Waals surface area (Å²) in [7, 11) is 0. The lowest BCUT2D eigenvalue weighted by atomic mass is 10.1. The highest BCUT2D eigenvalue weighted by Gasteiger charge is 2.33. The maximum atomic E-state index is 12.4. The number of carboxylic acids is 1. The summed E-state index contributed by atoms with van der Waals surface area (Å²) in [6.07, 6.45) is -0.741. The Morgan fingerprint density at radius 2 is 1.84 bits per heavy atom. The van der Waals surface area contributed by atoms with E-state index in [1.807, 2.05) is 30.3 Å². The summed E-state index contributed by atoms with van der Waals surface area (Å²) in [5.74, 6) is -1.22. The van der Waals surface area contributed by atoms with Crippen molar-refractivity contribution >= 4 is 35.3 Å². The summed E-state index contributed by atoms with van der Waals surface area (Å²) in [5, 5.41) is 10.2. The average Bonchev–Trinajstić information content (AvgIpc) is 2.60. The second-order valence-corrected chi connectivity index (χ2v) is 6.08. The van der Waals surface area contributed by atoms with E-state index in [2.05, 4.69) is 0 Å². The Hall–Kier alpha value is -2.24. The van der Waals surface area contributed by atoms with Crippen LogP contribution in [0.1, 0.15) is 24.1 Å². The molecule has 1 atom stereocenters. The number of rotatable bonds is 6. The monoisotopic (exact) mass is 381 g/mol. The van der Waals surface area contributed by atoms with Gasteiger partial charge in [0.2, 0.25) is 0 Å². The topological polar surface area (TPSA) is 66.8 Å². The van der Waals surface area contributed by atoms with Crippen LogP contribution < -0.4 is 0 Å². The van der Waals surface area contributed by atoms with Crippen molar-refractivity contribution in [3.8, 4) is 0 Å². The smallest absolute Gasteiger partial charge is 0.411 e. The molecule has 0 saturated carbocycles. The Morgan fingerprint density at radius 1 is 1.16 bits per heavy atom. The molecule has 0 aliphatic heterocycles. The quantitative estimate of drug-likeness (QED) is 0.781. The predicted octanol–water partition coefficient (Wildman–Crippen LogP) is 4.78. The minimum absolute atomic E-state index is 0.0474. The van der Waals surface area contributed by atoms with Crippen LogP contribution in [-0.2, 0) is 16.1 Å². The first-order chi connectivity index (χ1) is 11.9. The lowest BCUT2D eigenvalue weighted by Gasteiger charge is -2.28. The predicted molar refractivity (Wildman–Crippen MR) is 95.8 cm³/mol. The highest BCUT2D eigenvalue weighted by molar-refractivity contribution is 6.33. The molecule has 0 fully saturated rings. The number of carbonyl (C=O) groups excluding carboxylic acids is 1. The molecule has 0 heterocycles. The van der Waals surface area contributed by atoms with Crippen LogP contribution in [0.15, 0.2) is 48.5 Å². The minimum Gasteiger partial charge on any atom is -0.479 e. The van der Waals surface area contributed by atoms with Gasteiger partial charge >= 0.3 is 12.1 Å². The summed E-state index contributed by atoms with van der Waals surface area (Å²) in [6.45, 7) is 1.84. The van der Waals surface area contributed by atoms with Gasteiger partial charge in [0.15, 0.2) is 6.04 Å². The molecule has 0 bridgehead atoms. The molecule has 0 aromatic heterocycles. The third-order valence-electron chi connectivity index (χ3n) is 3.58. The fraction of sp³-hybridized carbons (Fsp3) is 0.222. The number of hydrogen-bond donors (Lipinski definition) is 1. The van der Waals surface area contributed by atoms with E-state index in [9.17, 15) is 14.7 Å². The minimum atomic E-state index is -1.29. The summed E-state index contributed by atoms with van der Waals surface area (Å²) in [5.41, 5.74) is 1.04. The van der Waals surface area contributed by atoms with Crippen molar-refractivity contribution in [1.29, 1.82) is 0 Å². The molecule has 2 rings (SSSR count). The van der Waals surface area contributed by atoms with Crippen LogP contribution >= 0.6 is 23.2 Å². The lowest BCUT2D eigenvalue weighted by molar-refractivity contribution is -0.143. The Labute approximate surface area is 155 Å². The van der Waals surface area contributed by atoms with Crippen molar-refractivity contribution in [2.75, 3.05) is 6.54 Å². The van der Waals surface area contributed by atoms with Crippen molar-refractivity contribution in [2.24, 2.45) is 0 Å². The zero-order chi connectivity index (χ0) is 18.4. The van der Waals surface area contributed by atoms with Gasteiger partial charge in [-0.3, -0.25) is 4.90 Å². The van der Waals surface area contributed by atoms with Gasteiger partial charge in [0, 0.05) is 22.2 Å². The van der Waals surface area contributed by atoms with Crippen LogP contribution in [0.5, 0.6) is 0 Å². The van der Waals surface area contributed by atoms with E-state index >= 15 is 0 Å². The van der Waals surface area contributed by atoms with Crippen LogP contribution in [0, 0.1) is 0 Å².